The summed E-state index contributed by atoms with van der Waals surface area (Å²) in [6, 6.07) is 16.8. The molecule has 0 aromatic heterocycles. The number of benzene rings is 2. The van der Waals surface area contributed by atoms with Gasteiger partial charge in [-0.3, -0.25) is 9.59 Å². The van der Waals surface area contributed by atoms with Crippen LogP contribution in [-0.4, -0.2) is 46.2 Å². The number of nitrogens with zero attached hydrogens (tertiary/aromatic N) is 1. The Balaban J connectivity index is 2.44. The van der Waals surface area contributed by atoms with Gasteiger partial charge in [0.25, 0.3) is 0 Å². The monoisotopic (exact) mass is 541 g/mol. The fourth-order valence-electron chi connectivity index (χ4n) is 4.08. The first kappa shape index (κ1) is 31.2. The Bertz CT molecular complexity index is 1020. The van der Waals surface area contributed by atoms with Gasteiger partial charge in [0.2, 0.25) is 11.8 Å². The molecule has 2 aromatic rings. The summed E-state index contributed by atoms with van der Waals surface area (Å²) in [5.41, 5.74) is 0.929. The fourth-order valence-corrected chi connectivity index (χ4v) is 4.33. The van der Waals surface area contributed by atoms with Crippen LogP contribution in [0.4, 0.5) is 4.79 Å². The van der Waals surface area contributed by atoms with Gasteiger partial charge in [-0.15, -0.1) is 0 Å². The Morgan fingerprint density at radius 1 is 0.921 bits per heavy atom. The Morgan fingerprint density at radius 3 is 2.03 bits per heavy atom. The molecular weight excluding hydrogens is 498 g/mol. The Hall–Kier alpha value is -3.00. The molecule has 0 saturated carbocycles. The number of nitrogens with one attached hydrogen (secondary N) is 2. The van der Waals surface area contributed by atoms with Crippen LogP contribution in [0.5, 0.6) is 0 Å². The van der Waals surface area contributed by atoms with Crippen LogP contribution in [0.15, 0.2) is 60.7 Å². The lowest BCUT2D eigenvalue weighted by atomic mass is 9.97. The van der Waals surface area contributed by atoms with E-state index >= 15 is 0 Å². The molecule has 0 aliphatic rings. The van der Waals surface area contributed by atoms with Gasteiger partial charge in [0.05, 0.1) is 0 Å². The van der Waals surface area contributed by atoms with E-state index in [1.165, 1.54) is 0 Å². The third-order valence-corrected chi connectivity index (χ3v) is 6.38. The maximum atomic E-state index is 14.1. The van der Waals surface area contributed by atoms with Gasteiger partial charge in [-0.25, -0.2) is 4.79 Å². The van der Waals surface area contributed by atoms with Crippen LogP contribution in [-0.2, 0) is 20.9 Å². The van der Waals surface area contributed by atoms with Crippen LogP contribution < -0.4 is 10.6 Å². The lowest BCUT2D eigenvalue weighted by Gasteiger charge is -2.38. The molecular formula is C30H43N3O4S. The van der Waals surface area contributed by atoms with Gasteiger partial charge in [-0.2, -0.15) is 12.6 Å². The first-order chi connectivity index (χ1) is 17.9. The number of carbonyl (C=O) groups is 3. The van der Waals surface area contributed by atoms with Crippen molar-refractivity contribution in [2.45, 2.75) is 84.7 Å². The topological polar surface area (TPSA) is 87.7 Å². The molecule has 0 aliphatic heterocycles. The van der Waals surface area contributed by atoms with Gasteiger partial charge in [-0.05, 0) is 57.6 Å². The molecule has 3 amide bonds. The summed E-state index contributed by atoms with van der Waals surface area (Å²) in [5.74, 6) is -0.193. The normalized spacial score (nSPS) is 13.8. The Kier molecular flexibility index (Phi) is 12.2. The van der Waals surface area contributed by atoms with Crippen LogP contribution in [0, 0.1) is 5.92 Å². The van der Waals surface area contributed by atoms with Crippen molar-refractivity contribution in [1.29, 1.82) is 0 Å². The average Bonchev–Trinajstić information content (AvgIpc) is 2.87. The first-order valence-electron chi connectivity index (χ1n) is 13.2. The predicted molar refractivity (Wildman–Crippen MR) is 155 cm³/mol. The highest BCUT2D eigenvalue weighted by Gasteiger charge is 2.38. The molecule has 0 saturated heterocycles. The molecule has 208 valence electrons. The minimum Gasteiger partial charge on any atom is -0.444 e. The predicted octanol–water partition coefficient (Wildman–Crippen LogP) is 5.52. The summed E-state index contributed by atoms with van der Waals surface area (Å²) in [6.45, 7) is 11.8. The lowest BCUT2D eigenvalue weighted by molar-refractivity contribution is -0.144. The fraction of sp³-hybridized carbons (Fsp3) is 0.500. The van der Waals surface area contributed by atoms with Gasteiger partial charge in [0.1, 0.15) is 17.7 Å². The van der Waals surface area contributed by atoms with E-state index in [9.17, 15) is 14.4 Å². The second kappa shape index (κ2) is 14.8. The van der Waals surface area contributed by atoms with Crippen molar-refractivity contribution in [2.24, 2.45) is 5.92 Å². The van der Waals surface area contributed by atoms with Crippen molar-refractivity contribution in [1.82, 2.24) is 15.5 Å². The smallest absolute Gasteiger partial charge is 0.408 e. The minimum absolute atomic E-state index is 0.0542. The number of hydrogen-bond acceptors (Lipinski definition) is 5. The largest absolute Gasteiger partial charge is 0.444 e. The van der Waals surface area contributed by atoms with Crippen molar-refractivity contribution in [2.75, 3.05) is 5.75 Å². The van der Waals surface area contributed by atoms with E-state index in [0.29, 0.717) is 24.4 Å². The molecule has 0 fully saturated rings. The van der Waals surface area contributed by atoms with Crippen molar-refractivity contribution in [3.05, 3.63) is 71.8 Å². The molecule has 0 spiro atoms. The molecule has 0 radical (unpaired) electrons. The number of carbonyl (C=O) groups excluding carboxylic acids is 3. The number of ether oxygens (including phenoxy) is 1. The zero-order valence-corrected chi connectivity index (χ0v) is 24.3. The minimum atomic E-state index is -0.970. The highest BCUT2D eigenvalue weighted by molar-refractivity contribution is 7.80. The molecule has 38 heavy (non-hydrogen) atoms. The summed E-state index contributed by atoms with van der Waals surface area (Å²) >= 11 is 4.37. The van der Waals surface area contributed by atoms with Crippen LogP contribution in [0.2, 0.25) is 0 Å². The number of hydrogen-bond donors (Lipinski definition) is 3. The SMILES string of the molecule is CC(C)CCC(C)N(C(=O)C(CS)NC(=O)OC(C)(C)C)C(C(=O)NCc1ccccc1)c1ccccc1. The molecule has 3 atom stereocenters. The van der Waals surface area contributed by atoms with Crippen LogP contribution in [0.3, 0.4) is 0 Å². The molecule has 0 bridgehead atoms. The van der Waals surface area contributed by atoms with E-state index < -0.39 is 23.8 Å². The molecule has 0 aliphatic carbocycles. The number of thiol groups is 1. The Labute approximate surface area is 233 Å². The lowest BCUT2D eigenvalue weighted by Crippen LogP contribution is -2.56. The van der Waals surface area contributed by atoms with E-state index in [1.54, 1.807) is 25.7 Å². The van der Waals surface area contributed by atoms with E-state index in [2.05, 4.69) is 37.1 Å². The van der Waals surface area contributed by atoms with Gasteiger partial charge >= 0.3 is 6.09 Å². The Morgan fingerprint density at radius 2 is 1.50 bits per heavy atom. The second-order valence-corrected chi connectivity index (χ2v) is 11.3. The average molecular weight is 542 g/mol. The summed E-state index contributed by atoms with van der Waals surface area (Å²) in [6.07, 6.45) is 0.873. The summed E-state index contributed by atoms with van der Waals surface area (Å²) < 4.78 is 5.39. The number of rotatable bonds is 12. The number of alkyl carbamates (subject to hydrolysis) is 1. The molecule has 2 aromatic carbocycles. The van der Waals surface area contributed by atoms with Crippen LogP contribution >= 0.6 is 12.6 Å². The third-order valence-electron chi connectivity index (χ3n) is 6.01. The van der Waals surface area contributed by atoms with Gasteiger partial charge in [0, 0.05) is 18.3 Å². The maximum absolute atomic E-state index is 14.1. The van der Waals surface area contributed by atoms with Crippen molar-refractivity contribution >= 4 is 30.5 Å². The summed E-state index contributed by atoms with van der Waals surface area (Å²) in [4.78, 5) is 42.0. The molecule has 7 nitrogen and oxygen atoms in total. The zero-order chi connectivity index (χ0) is 28.3. The first-order valence-corrected chi connectivity index (χ1v) is 13.8. The van der Waals surface area contributed by atoms with Crippen LogP contribution in [0.25, 0.3) is 0 Å². The summed E-state index contributed by atoms with van der Waals surface area (Å²) in [7, 11) is 0. The van der Waals surface area contributed by atoms with E-state index in [1.807, 2.05) is 67.6 Å². The van der Waals surface area contributed by atoms with Crippen molar-refractivity contribution < 1.29 is 19.1 Å². The zero-order valence-electron chi connectivity index (χ0n) is 23.4. The highest BCUT2D eigenvalue weighted by Crippen LogP contribution is 2.27. The van der Waals surface area contributed by atoms with E-state index in [4.69, 9.17) is 4.74 Å². The molecule has 2 N–H and O–H groups in total. The standard InChI is InChI=1S/C30H43N3O4S/c1-21(2)17-18-22(3)33(28(35)25(20-38)32-29(36)37-30(4,5)6)26(24-15-11-8-12-16-24)27(34)31-19-23-13-9-7-10-14-23/h7-16,21-22,25-26,38H,17-20H2,1-6H3,(H,31,34)(H,32,36). The maximum Gasteiger partial charge on any atom is 0.408 e. The van der Waals surface area contributed by atoms with Gasteiger partial charge < -0.3 is 20.3 Å². The molecule has 2 rings (SSSR count). The van der Waals surface area contributed by atoms with Crippen molar-refractivity contribution in [3.63, 3.8) is 0 Å². The number of amides is 3. The molecule has 8 heteroatoms. The summed E-state index contributed by atoms with van der Waals surface area (Å²) in [5, 5.41) is 5.68. The van der Waals surface area contributed by atoms with Gasteiger partial charge in [-0.1, -0.05) is 74.5 Å². The van der Waals surface area contributed by atoms with Gasteiger partial charge in [0.15, 0.2) is 0 Å². The highest BCUT2D eigenvalue weighted by atomic mass is 32.1. The van der Waals surface area contributed by atoms with Crippen molar-refractivity contribution in [3.8, 4) is 0 Å². The molecule has 0 heterocycles. The molecule has 3 unspecified atom stereocenters. The van der Waals surface area contributed by atoms with Crippen LogP contribution in [0.1, 0.15) is 71.6 Å². The second-order valence-electron chi connectivity index (χ2n) is 11.0. The quantitative estimate of drug-likeness (QED) is 0.309. The van der Waals surface area contributed by atoms with E-state index in [0.717, 1.165) is 12.0 Å². The van der Waals surface area contributed by atoms with E-state index in [-0.39, 0.29) is 23.6 Å². The third kappa shape index (κ3) is 10.0.